The summed E-state index contributed by atoms with van der Waals surface area (Å²) in [5.74, 6) is 2.70. The number of benzene rings is 1. The van der Waals surface area contributed by atoms with Gasteiger partial charge in [-0.25, -0.2) is 4.98 Å². The van der Waals surface area contributed by atoms with Crippen LogP contribution in [0.5, 0.6) is 11.5 Å². The molecule has 1 N–H and O–H groups in total. The molecule has 1 aromatic heterocycles. The zero-order valence-electron chi connectivity index (χ0n) is 16.7. The number of hydrogen-bond donors (Lipinski definition) is 1. The van der Waals surface area contributed by atoms with E-state index in [0.717, 1.165) is 47.1 Å². The standard InChI is InChI=1S/C21H29N3O3/c1-5-26-16-7-8-19(27-6-2)15(11-16)12-24-10-9-18-17(13-24)21(25)23-20(22-18)14(3)4/h7-8,11,14H,5-6,9-10,12-13H2,1-4H3,(H,22,23,25). The SMILES string of the molecule is CCOc1ccc(OCC)c(CN2CCc3nc(C(C)C)[nH]c(=O)c3C2)c1. The van der Waals surface area contributed by atoms with Crippen LogP contribution in [-0.2, 0) is 19.5 Å². The van der Waals surface area contributed by atoms with Crippen molar-refractivity contribution >= 4 is 0 Å². The Balaban J connectivity index is 1.82. The van der Waals surface area contributed by atoms with Gasteiger partial charge in [-0.05, 0) is 32.0 Å². The average molecular weight is 371 g/mol. The minimum atomic E-state index is -0.0125. The van der Waals surface area contributed by atoms with Gasteiger partial charge in [-0.15, -0.1) is 0 Å². The number of ether oxygens (including phenoxy) is 2. The summed E-state index contributed by atoms with van der Waals surface area (Å²) >= 11 is 0. The summed E-state index contributed by atoms with van der Waals surface area (Å²) in [5, 5.41) is 0. The third-order valence-corrected chi connectivity index (χ3v) is 4.75. The third kappa shape index (κ3) is 4.50. The van der Waals surface area contributed by atoms with Crippen molar-refractivity contribution in [3.05, 3.63) is 51.2 Å². The van der Waals surface area contributed by atoms with E-state index < -0.39 is 0 Å². The fourth-order valence-electron chi connectivity index (χ4n) is 3.38. The van der Waals surface area contributed by atoms with E-state index in [1.54, 1.807) is 0 Å². The molecule has 1 aliphatic rings. The largest absolute Gasteiger partial charge is 0.494 e. The van der Waals surface area contributed by atoms with Crippen molar-refractivity contribution in [2.45, 2.75) is 53.1 Å². The van der Waals surface area contributed by atoms with E-state index in [1.165, 1.54) is 0 Å². The van der Waals surface area contributed by atoms with Gasteiger partial charge >= 0.3 is 0 Å². The molecule has 146 valence electrons. The maximum Gasteiger partial charge on any atom is 0.255 e. The van der Waals surface area contributed by atoms with Gasteiger partial charge in [0, 0.05) is 37.5 Å². The fraction of sp³-hybridized carbons (Fsp3) is 0.524. The number of H-pyrrole nitrogens is 1. The summed E-state index contributed by atoms with van der Waals surface area (Å²) in [5.41, 5.74) is 2.78. The molecule has 0 radical (unpaired) electrons. The minimum Gasteiger partial charge on any atom is -0.494 e. The predicted molar refractivity (Wildman–Crippen MR) is 106 cm³/mol. The highest BCUT2D eigenvalue weighted by Gasteiger charge is 2.23. The Kier molecular flexibility index (Phi) is 6.16. The van der Waals surface area contributed by atoms with Crippen molar-refractivity contribution in [3.8, 4) is 11.5 Å². The molecular weight excluding hydrogens is 342 g/mol. The van der Waals surface area contributed by atoms with Crippen molar-refractivity contribution in [1.29, 1.82) is 0 Å². The molecule has 0 amide bonds. The van der Waals surface area contributed by atoms with Crippen LogP contribution in [0.4, 0.5) is 0 Å². The van der Waals surface area contributed by atoms with Gasteiger partial charge in [0.2, 0.25) is 0 Å². The molecule has 6 nitrogen and oxygen atoms in total. The Morgan fingerprint density at radius 2 is 2.00 bits per heavy atom. The molecule has 6 heteroatoms. The minimum absolute atomic E-state index is 0.0125. The second kappa shape index (κ2) is 8.57. The Hall–Kier alpha value is -2.34. The van der Waals surface area contributed by atoms with Gasteiger partial charge in [0.1, 0.15) is 17.3 Å². The van der Waals surface area contributed by atoms with Crippen LogP contribution in [0, 0.1) is 0 Å². The normalized spacial score (nSPS) is 14.3. The maximum atomic E-state index is 12.5. The van der Waals surface area contributed by atoms with E-state index >= 15 is 0 Å². The molecule has 1 aromatic carbocycles. The topological polar surface area (TPSA) is 67.5 Å². The number of fused-ring (bicyclic) bond motifs is 1. The Labute approximate surface area is 160 Å². The molecule has 0 saturated carbocycles. The molecule has 0 fully saturated rings. The van der Waals surface area contributed by atoms with E-state index in [2.05, 4.69) is 14.9 Å². The first-order valence-electron chi connectivity index (χ1n) is 9.74. The van der Waals surface area contributed by atoms with Gasteiger partial charge in [0.15, 0.2) is 0 Å². The van der Waals surface area contributed by atoms with Crippen LogP contribution >= 0.6 is 0 Å². The predicted octanol–water partition coefficient (Wildman–Crippen LogP) is 3.25. The number of nitrogens with one attached hydrogen (secondary N) is 1. The van der Waals surface area contributed by atoms with Gasteiger partial charge in [-0.2, -0.15) is 0 Å². The average Bonchev–Trinajstić information content (AvgIpc) is 2.64. The first-order valence-corrected chi connectivity index (χ1v) is 9.74. The summed E-state index contributed by atoms with van der Waals surface area (Å²) in [4.78, 5) is 22.4. The summed E-state index contributed by atoms with van der Waals surface area (Å²) < 4.78 is 11.4. The van der Waals surface area contributed by atoms with Crippen LogP contribution in [0.25, 0.3) is 0 Å². The van der Waals surface area contributed by atoms with Crippen LogP contribution in [0.1, 0.15) is 56.3 Å². The van der Waals surface area contributed by atoms with Crippen molar-refractivity contribution in [2.24, 2.45) is 0 Å². The molecule has 1 aliphatic heterocycles. The Bertz CT molecular complexity index is 845. The molecule has 0 bridgehead atoms. The molecule has 0 unspecified atom stereocenters. The third-order valence-electron chi connectivity index (χ3n) is 4.75. The van der Waals surface area contributed by atoms with Gasteiger partial charge in [0.25, 0.3) is 5.56 Å². The Morgan fingerprint density at radius 3 is 2.70 bits per heavy atom. The molecule has 2 aromatic rings. The summed E-state index contributed by atoms with van der Waals surface area (Å²) in [6.07, 6.45) is 0.786. The highest BCUT2D eigenvalue weighted by molar-refractivity contribution is 5.40. The number of hydrogen-bond acceptors (Lipinski definition) is 5. The second-order valence-corrected chi connectivity index (χ2v) is 7.13. The van der Waals surface area contributed by atoms with Crippen LogP contribution in [0.15, 0.2) is 23.0 Å². The smallest absolute Gasteiger partial charge is 0.255 e. The van der Waals surface area contributed by atoms with Crippen LogP contribution < -0.4 is 15.0 Å². The van der Waals surface area contributed by atoms with E-state index in [0.29, 0.717) is 26.3 Å². The quantitative estimate of drug-likeness (QED) is 0.809. The number of aromatic amines is 1. The number of nitrogens with zero attached hydrogens (tertiary/aromatic N) is 2. The van der Waals surface area contributed by atoms with Gasteiger partial charge in [-0.1, -0.05) is 13.8 Å². The molecule has 3 rings (SSSR count). The second-order valence-electron chi connectivity index (χ2n) is 7.13. The lowest BCUT2D eigenvalue weighted by Crippen LogP contribution is -2.36. The number of aromatic nitrogens is 2. The molecule has 0 aliphatic carbocycles. The number of rotatable bonds is 7. The monoisotopic (exact) mass is 371 g/mol. The van der Waals surface area contributed by atoms with Gasteiger partial charge < -0.3 is 14.5 Å². The van der Waals surface area contributed by atoms with Gasteiger partial charge in [0.05, 0.1) is 24.5 Å². The zero-order valence-corrected chi connectivity index (χ0v) is 16.7. The van der Waals surface area contributed by atoms with Crippen molar-refractivity contribution in [1.82, 2.24) is 14.9 Å². The summed E-state index contributed by atoms with van der Waals surface area (Å²) in [7, 11) is 0. The summed E-state index contributed by atoms with van der Waals surface area (Å²) in [6, 6.07) is 5.94. The lowest BCUT2D eigenvalue weighted by Gasteiger charge is -2.28. The molecule has 2 heterocycles. The zero-order chi connectivity index (χ0) is 19.4. The van der Waals surface area contributed by atoms with Crippen molar-refractivity contribution in [2.75, 3.05) is 19.8 Å². The molecule has 0 saturated heterocycles. The molecular formula is C21H29N3O3. The Morgan fingerprint density at radius 1 is 1.22 bits per heavy atom. The maximum absolute atomic E-state index is 12.5. The summed E-state index contributed by atoms with van der Waals surface area (Å²) in [6.45, 7) is 11.5. The highest BCUT2D eigenvalue weighted by Crippen LogP contribution is 2.27. The van der Waals surface area contributed by atoms with Gasteiger partial charge in [-0.3, -0.25) is 9.69 Å². The van der Waals surface area contributed by atoms with Crippen molar-refractivity contribution in [3.63, 3.8) is 0 Å². The van der Waals surface area contributed by atoms with E-state index in [9.17, 15) is 4.79 Å². The van der Waals surface area contributed by atoms with Crippen LogP contribution in [-0.4, -0.2) is 34.6 Å². The van der Waals surface area contributed by atoms with E-state index in [-0.39, 0.29) is 11.5 Å². The lowest BCUT2D eigenvalue weighted by atomic mass is 10.0. The molecule has 0 atom stereocenters. The first kappa shape index (κ1) is 19.4. The van der Waals surface area contributed by atoms with Crippen molar-refractivity contribution < 1.29 is 9.47 Å². The fourth-order valence-corrected chi connectivity index (χ4v) is 3.38. The van der Waals surface area contributed by atoms with E-state index in [1.807, 2.05) is 45.9 Å². The van der Waals surface area contributed by atoms with E-state index in [4.69, 9.17) is 9.47 Å². The molecule has 0 spiro atoms. The molecule has 27 heavy (non-hydrogen) atoms. The van der Waals surface area contributed by atoms with Crippen LogP contribution in [0.2, 0.25) is 0 Å². The lowest BCUT2D eigenvalue weighted by molar-refractivity contribution is 0.234. The van der Waals surface area contributed by atoms with Crippen LogP contribution in [0.3, 0.4) is 0 Å². The first-order chi connectivity index (χ1) is 13.0. The highest BCUT2D eigenvalue weighted by atomic mass is 16.5.